The number of aliphatic carboxylic acids is 1. The van der Waals surface area contributed by atoms with Gasteiger partial charge in [0.1, 0.15) is 5.82 Å². The third kappa shape index (κ3) is 3.77. The van der Waals surface area contributed by atoms with Gasteiger partial charge in [0.2, 0.25) is 0 Å². The number of likely N-dealkylation sites (tertiary alicyclic amines) is 1. The standard InChI is InChI=1S/C13H17FN2O2/c14-12-5-11(7-15-8-12)9-16-3-1-10(2-4-16)6-13(17)18/h5,7-8,10H,1-4,6,9H2,(H,17,18). The minimum absolute atomic E-state index is 0.259. The Morgan fingerprint density at radius 2 is 2.17 bits per heavy atom. The molecule has 0 aliphatic carbocycles. The van der Waals surface area contributed by atoms with Crippen LogP contribution in [-0.4, -0.2) is 34.0 Å². The molecule has 0 atom stereocenters. The van der Waals surface area contributed by atoms with E-state index in [2.05, 4.69) is 9.88 Å². The molecule has 1 aromatic rings. The van der Waals surface area contributed by atoms with E-state index in [4.69, 9.17) is 5.11 Å². The zero-order chi connectivity index (χ0) is 13.0. The number of halogens is 1. The highest BCUT2D eigenvalue weighted by molar-refractivity contribution is 5.67. The van der Waals surface area contributed by atoms with E-state index in [1.165, 1.54) is 12.3 Å². The van der Waals surface area contributed by atoms with Gasteiger partial charge in [0.15, 0.2) is 0 Å². The number of carbonyl (C=O) groups is 1. The Morgan fingerprint density at radius 3 is 2.78 bits per heavy atom. The van der Waals surface area contributed by atoms with E-state index in [1.54, 1.807) is 6.20 Å². The maximum Gasteiger partial charge on any atom is 0.303 e. The van der Waals surface area contributed by atoms with E-state index in [-0.39, 0.29) is 18.2 Å². The molecule has 4 nitrogen and oxygen atoms in total. The maximum atomic E-state index is 13.0. The molecule has 1 aliphatic rings. The van der Waals surface area contributed by atoms with Crippen molar-refractivity contribution in [2.45, 2.75) is 25.8 Å². The van der Waals surface area contributed by atoms with Gasteiger partial charge in [0.05, 0.1) is 6.20 Å². The summed E-state index contributed by atoms with van der Waals surface area (Å²) in [5.74, 6) is -0.750. The fourth-order valence-corrected chi connectivity index (χ4v) is 2.40. The second-order valence-corrected chi connectivity index (χ2v) is 4.83. The van der Waals surface area contributed by atoms with Crippen molar-refractivity contribution in [3.63, 3.8) is 0 Å². The molecule has 1 saturated heterocycles. The number of piperidine rings is 1. The highest BCUT2D eigenvalue weighted by Crippen LogP contribution is 2.21. The number of nitrogens with zero attached hydrogens (tertiary/aromatic N) is 2. The first-order chi connectivity index (χ1) is 8.63. The summed E-state index contributed by atoms with van der Waals surface area (Å²) in [6.45, 7) is 2.42. The van der Waals surface area contributed by atoms with Crippen LogP contribution < -0.4 is 0 Å². The molecule has 0 unspecified atom stereocenters. The summed E-state index contributed by atoms with van der Waals surface area (Å²) in [6.07, 6.45) is 4.93. The Hall–Kier alpha value is -1.49. The predicted molar refractivity (Wildman–Crippen MR) is 64.4 cm³/mol. The van der Waals surface area contributed by atoms with Crippen LogP contribution in [0.1, 0.15) is 24.8 Å². The van der Waals surface area contributed by atoms with Crippen molar-refractivity contribution in [1.82, 2.24) is 9.88 Å². The second-order valence-electron chi connectivity index (χ2n) is 4.83. The lowest BCUT2D eigenvalue weighted by Gasteiger charge is -2.31. The number of rotatable bonds is 4. The molecule has 2 heterocycles. The summed E-state index contributed by atoms with van der Waals surface area (Å²) < 4.78 is 13.0. The van der Waals surface area contributed by atoms with Gasteiger partial charge in [-0.2, -0.15) is 0 Å². The van der Waals surface area contributed by atoms with Gasteiger partial charge in [-0.15, -0.1) is 0 Å². The van der Waals surface area contributed by atoms with E-state index >= 15 is 0 Å². The van der Waals surface area contributed by atoms with Gasteiger partial charge in [-0.05, 0) is 43.5 Å². The lowest BCUT2D eigenvalue weighted by atomic mass is 9.93. The van der Waals surface area contributed by atoms with E-state index < -0.39 is 5.97 Å². The first-order valence-electron chi connectivity index (χ1n) is 6.17. The Morgan fingerprint density at radius 1 is 1.44 bits per heavy atom. The summed E-state index contributed by atoms with van der Waals surface area (Å²) in [5.41, 5.74) is 0.867. The van der Waals surface area contributed by atoms with Crippen LogP contribution in [0.2, 0.25) is 0 Å². The molecule has 0 aromatic carbocycles. The van der Waals surface area contributed by atoms with Gasteiger partial charge < -0.3 is 5.11 Å². The number of carboxylic acids is 1. The Kier molecular flexibility index (Phi) is 4.25. The molecule has 0 amide bonds. The molecule has 1 aliphatic heterocycles. The topological polar surface area (TPSA) is 53.4 Å². The van der Waals surface area contributed by atoms with Crippen LogP contribution in [0, 0.1) is 11.7 Å². The van der Waals surface area contributed by atoms with Crippen LogP contribution in [0.5, 0.6) is 0 Å². The highest BCUT2D eigenvalue weighted by atomic mass is 19.1. The molecule has 0 spiro atoms. The Bertz CT molecular complexity index is 417. The summed E-state index contributed by atoms with van der Waals surface area (Å²) in [7, 11) is 0. The molecule has 0 saturated carbocycles. The smallest absolute Gasteiger partial charge is 0.303 e. The molecule has 98 valence electrons. The van der Waals surface area contributed by atoms with Crippen LogP contribution in [-0.2, 0) is 11.3 Å². The maximum absolute atomic E-state index is 13.0. The molecule has 5 heteroatoms. The van der Waals surface area contributed by atoms with Crippen molar-refractivity contribution in [2.24, 2.45) is 5.92 Å². The number of aromatic nitrogens is 1. The number of carboxylic acid groups (broad SMARTS) is 1. The van der Waals surface area contributed by atoms with Crippen molar-refractivity contribution < 1.29 is 14.3 Å². The third-order valence-corrected chi connectivity index (χ3v) is 3.34. The average Bonchev–Trinajstić information content (AvgIpc) is 2.31. The molecule has 1 fully saturated rings. The Balaban J connectivity index is 1.81. The molecule has 0 bridgehead atoms. The fourth-order valence-electron chi connectivity index (χ4n) is 2.40. The van der Waals surface area contributed by atoms with E-state index in [9.17, 15) is 9.18 Å². The van der Waals surface area contributed by atoms with Crippen molar-refractivity contribution in [2.75, 3.05) is 13.1 Å². The molecular weight excluding hydrogens is 235 g/mol. The minimum atomic E-state index is -0.720. The lowest BCUT2D eigenvalue weighted by Crippen LogP contribution is -2.33. The van der Waals surface area contributed by atoms with Gasteiger partial charge in [-0.25, -0.2) is 4.39 Å². The van der Waals surface area contributed by atoms with Crippen LogP contribution in [0.25, 0.3) is 0 Å². The molecule has 1 N–H and O–H groups in total. The van der Waals surface area contributed by atoms with Crippen LogP contribution >= 0.6 is 0 Å². The number of hydrogen-bond acceptors (Lipinski definition) is 3. The Labute approximate surface area is 105 Å². The van der Waals surface area contributed by atoms with Crippen molar-refractivity contribution in [3.05, 3.63) is 29.8 Å². The van der Waals surface area contributed by atoms with Crippen LogP contribution in [0.15, 0.2) is 18.5 Å². The molecule has 1 aromatic heterocycles. The SMILES string of the molecule is O=C(O)CC1CCN(Cc2cncc(F)c2)CC1. The zero-order valence-electron chi connectivity index (χ0n) is 10.2. The van der Waals surface area contributed by atoms with E-state index in [0.29, 0.717) is 6.54 Å². The summed E-state index contributed by atoms with van der Waals surface area (Å²) in [5, 5.41) is 8.73. The zero-order valence-corrected chi connectivity index (χ0v) is 10.2. The highest BCUT2D eigenvalue weighted by Gasteiger charge is 2.21. The fraction of sp³-hybridized carbons (Fsp3) is 0.538. The van der Waals surface area contributed by atoms with Crippen molar-refractivity contribution in [3.8, 4) is 0 Å². The van der Waals surface area contributed by atoms with Gasteiger partial charge in [0, 0.05) is 19.2 Å². The minimum Gasteiger partial charge on any atom is -0.481 e. The van der Waals surface area contributed by atoms with Crippen molar-refractivity contribution >= 4 is 5.97 Å². The summed E-state index contributed by atoms with van der Waals surface area (Å²) >= 11 is 0. The molecule has 2 rings (SSSR count). The summed E-state index contributed by atoms with van der Waals surface area (Å²) in [4.78, 5) is 16.7. The van der Waals surface area contributed by atoms with Gasteiger partial charge in [-0.3, -0.25) is 14.7 Å². The summed E-state index contributed by atoms with van der Waals surface area (Å²) in [6, 6.07) is 1.50. The first kappa shape index (κ1) is 13.0. The van der Waals surface area contributed by atoms with Gasteiger partial charge in [0.25, 0.3) is 0 Å². The molecule has 18 heavy (non-hydrogen) atoms. The normalized spacial score (nSPS) is 17.8. The van der Waals surface area contributed by atoms with Gasteiger partial charge in [-0.1, -0.05) is 0 Å². The largest absolute Gasteiger partial charge is 0.481 e. The second kappa shape index (κ2) is 5.91. The number of pyridine rings is 1. The molecular formula is C13H17FN2O2. The van der Waals surface area contributed by atoms with Crippen LogP contribution in [0.3, 0.4) is 0 Å². The third-order valence-electron chi connectivity index (χ3n) is 3.34. The van der Waals surface area contributed by atoms with Crippen LogP contribution in [0.4, 0.5) is 4.39 Å². The average molecular weight is 252 g/mol. The quantitative estimate of drug-likeness (QED) is 0.889. The van der Waals surface area contributed by atoms with Gasteiger partial charge >= 0.3 is 5.97 Å². The van der Waals surface area contributed by atoms with E-state index in [1.807, 2.05) is 0 Å². The lowest BCUT2D eigenvalue weighted by molar-refractivity contribution is -0.138. The van der Waals surface area contributed by atoms with E-state index in [0.717, 1.165) is 31.5 Å². The monoisotopic (exact) mass is 252 g/mol. The first-order valence-corrected chi connectivity index (χ1v) is 6.17. The van der Waals surface area contributed by atoms with Crippen molar-refractivity contribution in [1.29, 1.82) is 0 Å². The molecule has 0 radical (unpaired) electrons. The predicted octanol–water partition coefficient (Wildman–Crippen LogP) is 1.91. The number of hydrogen-bond donors (Lipinski definition) is 1.